The van der Waals surface area contributed by atoms with Gasteiger partial charge in [0.25, 0.3) is 0 Å². The first kappa shape index (κ1) is 11.8. The van der Waals surface area contributed by atoms with Crippen LogP contribution in [0.5, 0.6) is 0 Å². The van der Waals surface area contributed by atoms with E-state index in [0.29, 0.717) is 0 Å². The molecule has 0 aromatic rings. The van der Waals surface area contributed by atoms with E-state index in [1.54, 1.807) is 0 Å². The van der Waals surface area contributed by atoms with Gasteiger partial charge >= 0.3 is 0 Å². The summed E-state index contributed by atoms with van der Waals surface area (Å²) in [6.07, 6.45) is 9.69. The van der Waals surface area contributed by atoms with Gasteiger partial charge in [-0.3, -0.25) is 0 Å². The molecule has 0 fully saturated rings. The monoisotopic (exact) mass is 148 g/mol. The fourth-order valence-corrected chi connectivity index (χ4v) is 0.679. The molecule has 0 aromatic heterocycles. The number of rotatable bonds is 4. The SMILES string of the molecule is CC=CCCCCC.Cl. The van der Waals surface area contributed by atoms with E-state index in [-0.39, 0.29) is 12.4 Å². The summed E-state index contributed by atoms with van der Waals surface area (Å²) >= 11 is 0. The van der Waals surface area contributed by atoms with E-state index in [0.717, 1.165) is 0 Å². The Morgan fingerprint density at radius 2 is 1.89 bits per heavy atom. The molecule has 0 spiro atoms. The minimum Gasteiger partial charge on any atom is -0.147 e. The molecule has 1 heteroatoms. The highest BCUT2D eigenvalue weighted by atomic mass is 35.5. The summed E-state index contributed by atoms with van der Waals surface area (Å²) < 4.78 is 0. The zero-order valence-corrected chi connectivity index (χ0v) is 7.21. The van der Waals surface area contributed by atoms with Gasteiger partial charge in [0.15, 0.2) is 0 Å². The van der Waals surface area contributed by atoms with Crippen molar-refractivity contribution in [1.29, 1.82) is 0 Å². The number of hydrogen-bond acceptors (Lipinski definition) is 0. The minimum atomic E-state index is 0. The molecular weight excluding hydrogens is 132 g/mol. The topological polar surface area (TPSA) is 0 Å². The molecule has 0 aliphatic heterocycles. The lowest BCUT2D eigenvalue weighted by atomic mass is 10.2. The third-order valence-electron chi connectivity index (χ3n) is 1.21. The Morgan fingerprint density at radius 1 is 1.22 bits per heavy atom. The third-order valence-corrected chi connectivity index (χ3v) is 1.21. The summed E-state index contributed by atoms with van der Waals surface area (Å²) in [4.78, 5) is 0. The first-order valence-corrected chi connectivity index (χ1v) is 3.53. The first-order valence-electron chi connectivity index (χ1n) is 3.53. The lowest BCUT2D eigenvalue weighted by Gasteiger charge is -1.88. The van der Waals surface area contributed by atoms with E-state index in [1.807, 2.05) is 0 Å². The van der Waals surface area contributed by atoms with E-state index in [9.17, 15) is 0 Å². The molecule has 0 bridgehead atoms. The van der Waals surface area contributed by atoms with Crippen molar-refractivity contribution in [3.05, 3.63) is 12.2 Å². The Labute approximate surface area is 64.8 Å². The van der Waals surface area contributed by atoms with Crippen LogP contribution >= 0.6 is 12.4 Å². The Kier molecular flexibility index (Phi) is 14.3. The lowest BCUT2D eigenvalue weighted by molar-refractivity contribution is 0.729. The fraction of sp³-hybridized carbons (Fsp3) is 0.750. The molecule has 0 aliphatic rings. The predicted octanol–water partition coefficient (Wildman–Crippen LogP) is 3.56. The van der Waals surface area contributed by atoms with Gasteiger partial charge in [-0.1, -0.05) is 31.9 Å². The predicted molar refractivity (Wildman–Crippen MR) is 46.2 cm³/mol. The Balaban J connectivity index is 0. The normalized spacial score (nSPS) is 9.56. The Hall–Kier alpha value is 0.0300. The lowest BCUT2D eigenvalue weighted by Crippen LogP contribution is -1.68. The molecule has 0 unspecified atom stereocenters. The molecule has 0 aliphatic carbocycles. The number of allylic oxidation sites excluding steroid dienone is 2. The fourth-order valence-electron chi connectivity index (χ4n) is 0.679. The summed E-state index contributed by atoms with van der Waals surface area (Å²) in [6.45, 7) is 4.31. The average molecular weight is 149 g/mol. The van der Waals surface area contributed by atoms with Gasteiger partial charge in [-0.15, -0.1) is 12.4 Å². The first-order chi connectivity index (χ1) is 3.91. The largest absolute Gasteiger partial charge is 0.147 e. The van der Waals surface area contributed by atoms with Crippen molar-refractivity contribution in [2.45, 2.75) is 39.5 Å². The summed E-state index contributed by atoms with van der Waals surface area (Å²) in [7, 11) is 0. The van der Waals surface area contributed by atoms with Crippen LogP contribution in [-0.4, -0.2) is 0 Å². The van der Waals surface area contributed by atoms with Gasteiger partial charge < -0.3 is 0 Å². The van der Waals surface area contributed by atoms with Crippen molar-refractivity contribution in [3.63, 3.8) is 0 Å². The van der Waals surface area contributed by atoms with E-state index >= 15 is 0 Å². The highest BCUT2D eigenvalue weighted by Gasteiger charge is 1.78. The van der Waals surface area contributed by atoms with Gasteiger partial charge in [-0.05, 0) is 19.8 Å². The van der Waals surface area contributed by atoms with Crippen LogP contribution in [0.4, 0.5) is 0 Å². The molecule has 0 radical (unpaired) electrons. The molecule has 0 N–H and O–H groups in total. The maximum Gasteiger partial charge on any atom is -0.0351 e. The molecule has 0 aromatic carbocycles. The second-order valence-electron chi connectivity index (χ2n) is 2.06. The molecule has 0 atom stereocenters. The highest BCUT2D eigenvalue weighted by Crippen LogP contribution is 1.98. The van der Waals surface area contributed by atoms with Crippen molar-refractivity contribution in [3.8, 4) is 0 Å². The molecule has 0 rings (SSSR count). The second-order valence-corrected chi connectivity index (χ2v) is 2.06. The van der Waals surface area contributed by atoms with Crippen LogP contribution in [0.1, 0.15) is 39.5 Å². The molecule has 0 nitrogen and oxygen atoms in total. The van der Waals surface area contributed by atoms with Crippen LogP contribution in [-0.2, 0) is 0 Å². The highest BCUT2D eigenvalue weighted by molar-refractivity contribution is 5.85. The number of hydrogen-bond donors (Lipinski definition) is 0. The van der Waals surface area contributed by atoms with Gasteiger partial charge in [0, 0.05) is 0 Å². The van der Waals surface area contributed by atoms with Crippen LogP contribution in [0.2, 0.25) is 0 Å². The van der Waals surface area contributed by atoms with Gasteiger partial charge in [0.05, 0.1) is 0 Å². The van der Waals surface area contributed by atoms with E-state index in [4.69, 9.17) is 0 Å². The molecule has 0 saturated carbocycles. The Morgan fingerprint density at radius 3 is 2.33 bits per heavy atom. The number of unbranched alkanes of at least 4 members (excludes halogenated alkanes) is 3. The summed E-state index contributed by atoms with van der Waals surface area (Å²) in [6, 6.07) is 0. The second kappa shape index (κ2) is 10.9. The van der Waals surface area contributed by atoms with Gasteiger partial charge in [-0.25, -0.2) is 0 Å². The standard InChI is InChI=1S/C8H16.ClH/c1-3-5-7-8-6-4-2;/h3,5H,4,6-8H2,1-2H3;1H. The van der Waals surface area contributed by atoms with Crippen LogP contribution in [0.15, 0.2) is 12.2 Å². The van der Waals surface area contributed by atoms with E-state index in [1.165, 1.54) is 25.7 Å². The van der Waals surface area contributed by atoms with E-state index < -0.39 is 0 Å². The summed E-state index contributed by atoms with van der Waals surface area (Å²) in [5.74, 6) is 0. The van der Waals surface area contributed by atoms with Crippen molar-refractivity contribution in [1.82, 2.24) is 0 Å². The molecule has 0 heterocycles. The van der Waals surface area contributed by atoms with Crippen molar-refractivity contribution < 1.29 is 0 Å². The summed E-state index contributed by atoms with van der Waals surface area (Å²) in [5, 5.41) is 0. The van der Waals surface area contributed by atoms with Crippen LogP contribution < -0.4 is 0 Å². The zero-order chi connectivity index (χ0) is 6.24. The van der Waals surface area contributed by atoms with Crippen LogP contribution in [0, 0.1) is 0 Å². The van der Waals surface area contributed by atoms with E-state index in [2.05, 4.69) is 26.0 Å². The average Bonchev–Trinajstić information content (AvgIpc) is 1.81. The smallest absolute Gasteiger partial charge is 0.0351 e. The van der Waals surface area contributed by atoms with Gasteiger partial charge in [0.1, 0.15) is 0 Å². The molecule has 0 saturated heterocycles. The van der Waals surface area contributed by atoms with Crippen molar-refractivity contribution in [2.75, 3.05) is 0 Å². The van der Waals surface area contributed by atoms with Crippen LogP contribution in [0.3, 0.4) is 0 Å². The van der Waals surface area contributed by atoms with Crippen LogP contribution in [0.25, 0.3) is 0 Å². The Bertz CT molecular complexity index is 57.6. The minimum absolute atomic E-state index is 0. The van der Waals surface area contributed by atoms with Crippen molar-refractivity contribution in [2.24, 2.45) is 0 Å². The molecule has 56 valence electrons. The summed E-state index contributed by atoms with van der Waals surface area (Å²) in [5.41, 5.74) is 0. The maximum atomic E-state index is 2.23. The third kappa shape index (κ3) is 11.5. The molecule has 0 amide bonds. The quantitative estimate of drug-likeness (QED) is 0.423. The zero-order valence-electron chi connectivity index (χ0n) is 6.39. The van der Waals surface area contributed by atoms with Gasteiger partial charge in [0.2, 0.25) is 0 Å². The number of halogens is 1. The van der Waals surface area contributed by atoms with Crippen molar-refractivity contribution >= 4 is 12.4 Å². The molecule has 9 heavy (non-hydrogen) atoms. The maximum absolute atomic E-state index is 2.23. The van der Waals surface area contributed by atoms with Gasteiger partial charge in [-0.2, -0.15) is 0 Å². The molecular formula is C8H17Cl.